The smallest absolute Gasteiger partial charge is 0.223 e. The van der Waals surface area contributed by atoms with Gasteiger partial charge in [-0.3, -0.25) is 9.69 Å². The molecule has 1 aromatic rings. The third-order valence-electron chi connectivity index (χ3n) is 4.79. The molecule has 1 aliphatic carbocycles. The SMILES string of the molecule is CC(C)CC(=O)N1CCN(C2CC2)CC1Cc1ccccc1. The average molecular weight is 300 g/mol. The summed E-state index contributed by atoms with van der Waals surface area (Å²) < 4.78 is 0. The molecule has 1 saturated carbocycles. The molecule has 2 aliphatic rings. The van der Waals surface area contributed by atoms with E-state index in [9.17, 15) is 4.79 Å². The Kier molecular flexibility index (Phi) is 4.82. The lowest BCUT2D eigenvalue weighted by Gasteiger charge is -2.42. The molecule has 0 N–H and O–H groups in total. The van der Waals surface area contributed by atoms with E-state index in [4.69, 9.17) is 0 Å². The van der Waals surface area contributed by atoms with Crippen LogP contribution in [0.3, 0.4) is 0 Å². The number of benzene rings is 1. The second kappa shape index (κ2) is 6.82. The fraction of sp³-hybridized carbons (Fsp3) is 0.632. The molecule has 0 bridgehead atoms. The van der Waals surface area contributed by atoms with Gasteiger partial charge in [-0.1, -0.05) is 44.2 Å². The molecular weight excluding hydrogens is 272 g/mol. The molecule has 0 aromatic heterocycles. The molecular formula is C19H28N2O. The molecule has 1 aliphatic heterocycles. The summed E-state index contributed by atoms with van der Waals surface area (Å²) in [4.78, 5) is 17.4. The molecule has 1 atom stereocenters. The molecule has 0 radical (unpaired) electrons. The Morgan fingerprint density at radius 3 is 2.55 bits per heavy atom. The third-order valence-corrected chi connectivity index (χ3v) is 4.79. The van der Waals surface area contributed by atoms with Gasteiger partial charge < -0.3 is 4.90 Å². The van der Waals surface area contributed by atoms with Crippen molar-refractivity contribution in [2.75, 3.05) is 19.6 Å². The number of rotatable bonds is 5. The van der Waals surface area contributed by atoms with Gasteiger partial charge in [0.25, 0.3) is 0 Å². The van der Waals surface area contributed by atoms with Crippen molar-refractivity contribution in [3.05, 3.63) is 35.9 Å². The van der Waals surface area contributed by atoms with Crippen LogP contribution >= 0.6 is 0 Å². The minimum atomic E-state index is 0.336. The van der Waals surface area contributed by atoms with Crippen LogP contribution in [-0.4, -0.2) is 47.4 Å². The van der Waals surface area contributed by atoms with E-state index in [-0.39, 0.29) is 0 Å². The number of amides is 1. The highest BCUT2D eigenvalue weighted by atomic mass is 16.2. The van der Waals surface area contributed by atoms with Crippen molar-refractivity contribution in [2.24, 2.45) is 5.92 Å². The number of carbonyl (C=O) groups is 1. The van der Waals surface area contributed by atoms with Gasteiger partial charge in [-0.05, 0) is 30.7 Å². The van der Waals surface area contributed by atoms with Crippen molar-refractivity contribution in [1.29, 1.82) is 0 Å². The Morgan fingerprint density at radius 1 is 1.18 bits per heavy atom. The van der Waals surface area contributed by atoms with Crippen LogP contribution in [0.4, 0.5) is 0 Å². The van der Waals surface area contributed by atoms with E-state index in [1.165, 1.54) is 18.4 Å². The molecule has 22 heavy (non-hydrogen) atoms. The Balaban J connectivity index is 1.70. The lowest BCUT2D eigenvalue weighted by atomic mass is 10.00. The second-order valence-corrected chi connectivity index (χ2v) is 7.25. The first kappa shape index (κ1) is 15.5. The van der Waals surface area contributed by atoms with Crippen molar-refractivity contribution in [3.8, 4) is 0 Å². The van der Waals surface area contributed by atoms with E-state index in [2.05, 4.69) is 54.0 Å². The van der Waals surface area contributed by atoms with Crippen LogP contribution in [0.15, 0.2) is 30.3 Å². The fourth-order valence-electron chi connectivity index (χ4n) is 3.51. The lowest BCUT2D eigenvalue weighted by molar-refractivity contribution is -0.137. The standard InChI is InChI=1S/C19H28N2O/c1-15(2)12-19(22)21-11-10-20(17-8-9-17)14-18(21)13-16-6-4-3-5-7-16/h3-7,15,17-18H,8-14H2,1-2H3. The predicted molar refractivity (Wildman–Crippen MR) is 89.7 cm³/mol. The number of nitrogens with zero attached hydrogens (tertiary/aromatic N) is 2. The molecule has 3 rings (SSSR count). The molecule has 1 aromatic carbocycles. The van der Waals surface area contributed by atoms with Crippen molar-refractivity contribution < 1.29 is 4.79 Å². The summed E-state index contributed by atoms with van der Waals surface area (Å²) in [6.45, 7) is 7.26. The fourth-order valence-corrected chi connectivity index (χ4v) is 3.51. The first-order chi connectivity index (χ1) is 10.6. The zero-order valence-electron chi connectivity index (χ0n) is 13.9. The van der Waals surface area contributed by atoms with E-state index >= 15 is 0 Å². The van der Waals surface area contributed by atoms with Crippen molar-refractivity contribution in [3.63, 3.8) is 0 Å². The van der Waals surface area contributed by atoms with Gasteiger partial charge in [-0.2, -0.15) is 0 Å². The summed E-state index contributed by atoms with van der Waals surface area (Å²) in [6, 6.07) is 11.7. The van der Waals surface area contributed by atoms with Crippen LogP contribution in [-0.2, 0) is 11.2 Å². The summed E-state index contributed by atoms with van der Waals surface area (Å²) in [5, 5.41) is 0. The summed E-state index contributed by atoms with van der Waals surface area (Å²) in [5.74, 6) is 0.776. The molecule has 1 unspecified atom stereocenters. The van der Waals surface area contributed by atoms with Crippen LogP contribution in [0.25, 0.3) is 0 Å². The first-order valence-corrected chi connectivity index (χ1v) is 8.71. The summed E-state index contributed by atoms with van der Waals surface area (Å²) in [5.41, 5.74) is 1.34. The number of piperazine rings is 1. The largest absolute Gasteiger partial charge is 0.337 e. The van der Waals surface area contributed by atoms with Gasteiger partial charge in [0.1, 0.15) is 0 Å². The van der Waals surface area contributed by atoms with Crippen LogP contribution in [0.1, 0.15) is 38.7 Å². The summed E-state index contributed by atoms with van der Waals surface area (Å²) in [7, 11) is 0. The van der Waals surface area contributed by atoms with E-state index in [1.807, 2.05) is 0 Å². The molecule has 0 spiro atoms. The number of hydrogen-bond acceptors (Lipinski definition) is 2. The monoisotopic (exact) mass is 300 g/mol. The Labute approximate surface area is 134 Å². The lowest BCUT2D eigenvalue weighted by Crippen LogP contribution is -2.56. The quantitative estimate of drug-likeness (QED) is 0.835. The summed E-state index contributed by atoms with van der Waals surface area (Å²) in [6.07, 6.45) is 4.35. The van der Waals surface area contributed by atoms with Crippen LogP contribution in [0.2, 0.25) is 0 Å². The highest BCUT2D eigenvalue weighted by molar-refractivity contribution is 5.77. The van der Waals surface area contributed by atoms with Crippen LogP contribution < -0.4 is 0 Å². The molecule has 2 fully saturated rings. The second-order valence-electron chi connectivity index (χ2n) is 7.25. The Bertz CT molecular complexity index is 495. The molecule has 1 saturated heterocycles. The number of hydrogen-bond donors (Lipinski definition) is 0. The zero-order chi connectivity index (χ0) is 15.5. The third kappa shape index (κ3) is 3.89. The summed E-state index contributed by atoms with van der Waals surface area (Å²) >= 11 is 0. The maximum Gasteiger partial charge on any atom is 0.223 e. The predicted octanol–water partition coefficient (Wildman–Crippen LogP) is 2.95. The maximum absolute atomic E-state index is 12.6. The topological polar surface area (TPSA) is 23.6 Å². The molecule has 1 amide bonds. The van der Waals surface area contributed by atoms with Gasteiger partial charge in [0.15, 0.2) is 0 Å². The Hall–Kier alpha value is -1.35. The van der Waals surface area contributed by atoms with E-state index in [1.54, 1.807) is 0 Å². The maximum atomic E-state index is 12.6. The number of carbonyl (C=O) groups excluding carboxylic acids is 1. The first-order valence-electron chi connectivity index (χ1n) is 8.71. The van der Waals surface area contributed by atoms with Crippen molar-refractivity contribution in [2.45, 2.75) is 51.6 Å². The van der Waals surface area contributed by atoms with Gasteiger partial charge in [0.2, 0.25) is 5.91 Å². The van der Waals surface area contributed by atoms with Crippen molar-refractivity contribution in [1.82, 2.24) is 9.80 Å². The van der Waals surface area contributed by atoms with Crippen LogP contribution in [0, 0.1) is 5.92 Å². The molecule has 120 valence electrons. The van der Waals surface area contributed by atoms with Gasteiger partial charge in [0.05, 0.1) is 0 Å². The van der Waals surface area contributed by atoms with Crippen molar-refractivity contribution >= 4 is 5.91 Å². The van der Waals surface area contributed by atoms with Crippen LogP contribution in [0.5, 0.6) is 0 Å². The van der Waals surface area contributed by atoms with Gasteiger partial charge >= 0.3 is 0 Å². The highest BCUT2D eigenvalue weighted by Crippen LogP contribution is 2.30. The molecule has 3 nitrogen and oxygen atoms in total. The minimum Gasteiger partial charge on any atom is -0.337 e. The van der Waals surface area contributed by atoms with Gasteiger partial charge in [-0.15, -0.1) is 0 Å². The van der Waals surface area contributed by atoms with E-state index < -0.39 is 0 Å². The Morgan fingerprint density at radius 2 is 1.91 bits per heavy atom. The normalized spacial score (nSPS) is 23.0. The molecule has 3 heteroatoms. The van der Waals surface area contributed by atoms with E-state index in [0.717, 1.165) is 32.1 Å². The zero-order valence-corrected chi connectivity index (χ0v) is 13.9. The van der Waals surface area contributed by atoms with Gasteiger partial charge in [-0.25, -0.2) is 0 Å². The molecule has 1 heterocycles. The highest BCUT2D eigenvalue weighted by Gasteiger charge is 2.37. The minimum absolute atomic E-state index is 0.336. The van der Waals surface area contributed by atoms with E-state index in [0.29, 0.717) is 24.3 Å². The average Bonchev–Trinajstić information content (AvgIpc) is 3.32. The van der Waals surface area contributed by atoms with Gasteiger partial charge in [0, 0.05) is 38.1 Å².